The van der Waals surface area contributed by atoms with Gasteiger partial charge in [0.2, 0.25) is 0 Å². The fraction of sp³-hybridized carbons (Fsp3) is 0.875. The van der Waals surface area contributed by atoms with Crippen LogP contribution in [0.15, 0.2) is 5.16 Å². The number of nitrogens with two attached hydrogens (primary N) is 1. The fourth-order valence-corrected chi connectivity index (χ4v) is 0.599. The normalized spacial score (nSPS) is 16.2. The standard InChI is InChI=1S/C8H19N3O/c1-6(8(2,3)4)10-5-7(9)11-12/h6,10,12H,5H2,1-4H3,(H2,9,11). The molecular weight excluding hydrogens is 154 g/mol. The molecule has 0 amide bonds. The van der Waals surface area contributed by atoms with Crippen LogP contribution in [-0.4, -0.2) is 23.6 Å². The van der Waals surface area contributed by atoms with E-state index in [4.69, 9.17) is 10.9 Å². The molecule has 72 valence electrons. The summed E-state index contributed by atoms with van der Waals surface area (Å²) < 4.78 is 0. The molecule has 0 aromatic rings. The number of amidine groups is 1. The van der Waals surface area contributed by atoms with E-state index in [9.17, 15) is 0 Å². The summed E-state index contributed by atoms with van der Waals surface area (Å²) in [5.74, 6) is 0.214. The van der Waals surface area contributed by atoms with Crippen LogP contribution in [0.1, 0.15) is 27.7 Å². The monoisotopic (exact) mass is 173 g/mol. The Bertz CT molecular complexity index is 160. The minimum Gasteiger partial charge on any atom is -0.409 e. The van der Waals surface area contributed by atoms with Crippen LogP contribution in [0, 0.1) is 5.41 Å². The van der Waals surface area contributed by atoms with Crippen LogP contribution in [0.5, 0.6) is 0 Å². The van der Waals surface area contributed by atoms with Crippen LogP contribution in [0.2, 0.25) is 0 Å². The fourth-order valence-electron chi connectivity index (χ4n) is 0.599. The molecule has 0 radical (unpaired) electrons. The molecule has 4 nitrogen and oxygen atoms in total. The molecule has 0 aliphatic heterocycles. The first-order valence-electron chi connectivity index (χ1n) is 4.07. The van der Waals surface area contributed by atoms with Crippen molar-refractivity contribution in [2.45, 2.75) is 33.7 Å². The molecule has 0 fully saturated rings. The maximum absolute atomic E-state index is 8.27. The van der Waals surface area contributed by atoms with E-state index in [1.54, 1.807) is 0 Å². The van der Waals surface area contributed by atoms with Crippen molar-refractivity contribution in [3.8, 4) is 0 Å². The number of hydrogen-bond donors (Lipinski definition) is 3. The van der Waals surface area contributed by atoms with Crippen molar-refractivity contribution in [2.24, 2.45) is 16.3 Å². The Morgan fingerprint density at radius 1 is 1.58 bits per heavy atom. The summed E-state index contributed by atoms with van der Waals surface area (Å²) in [6.07, 6.45) is 0. The van der Waals surface area contributed by atoms with Crippen molar-refractivity contribution in [2.75, 3.05) is 6.54 Å². The van der Waals surface area contributed by atoms with E-state index in [1.807, 2.05) is 0 Å². The summed E-state index contributed by atoms with van der Waals surface area (Å²) >= 11 is 0. The average molecular weight is 173 g/mol. The Kier molecular flexibility index (Phi) is 4.03. The van der Waals surface area contributed by atoms with Gasteiger partial charge in [0.05, 0.1) is 6.54 Å². The van der Waals surface area contributed by atoms with E-state index >= 15 is 0 Å². The second-order valence-corrected chi connectivity index (χ2v) is 4.06. The van der Waals surface area contributed by atoms with Crippen molar-refractivity contribution in [3.63, 3.8) is 0 Å². The molecule has 0 aromatic carbocycles. The lowest BCUT2D eigenvalue weighted by Gasteiger charge is -2.27. The minimum absolute atomic E-state index is 0.190. The van der Waals surface area contributed by atoms with E-state index in [1.165, 1.54) is 0 Å². The largest absolute Gasteiger partial charge is 0.409 e. The highest BCUT2D eigenvalue weighted by Crippen LogP contribution is 2.17. The Hall–Kier alpha value is -0.770. The molecular formula is C8H19N3O. The quantitative estimate of drug-likeness (QED) is 0.255. The molecule has 1 atom stereocenters. The Morgan fingerprint density at radius 2 is 2.08 bits per heavy atom. The van der Waals surface area contributed by atoms with Crippen LogP contribution in [0.3, 0.4) is 0 Å². The summed E-state index contributed by atoms with van der Waals surface area (Å²) in [5.41, 5.74) is 5.49. The predicted molar refractivity (Wildman–Crippen MR) is 50.3 cm³/mol. The highest BCUT2D eigenvalue weighted by Gasteiger charge is 2.19. The molecule has 0 rings (SSSR count). The smallest absolute Gasteiger partial charge is 0.153 e. The predicted octanol–water partition coefficient (Wildman–Crippen LogP) is 0.757. The van der Waals surface area contributed by atoms with Crippen molar-refractivity contribution in [1.29, 1.82) is 0 Å². The first kappa shape index (κ1) is 11.2. The van der Waals surface area contributed by atoms with Crippen LogP contribution in [-0.2, 0) is 0 Å². The molecule has 0 spiro atoms. The van der Waals surface area contributed by atoms with Gasteiger partial charge in [-0.15, -0.1) is 0 Å². The second-order valence-electron chi connectivity index (χ2n) is 4.06. The van der Waals surface area contributed by atoms with E-state index in [-0.39, 0.29) is 11.3 Å². The lowest BCUT2D eigenvalue weighted by Crippen LogP contribution is -2.42. The lowest BCUT2D eigenvalue weighted by molar-refractivity contribution is 0.291. The molecule has 4 N–H and O–H groups in total. The average Bonchev–Trinajstić information content (AvgIpc) is 1.97. The van der Waals surface area contributed by atoms with E-state index in [2.05, 4.69) is 38.2 Å². The first-order valence-corrected chi connectivity index (χ1v) is 4.07. The van der Waals surface area contributed by atoms with Gasteiger partial charge in [0, 0.05) is 6.04 Å². The van der Waals surface area contributed by atoms with Gasteiger partial charge in [0.15, 0.2) is 5.84 Å². The van der Waals surface area contributed by atoms with E-state index in [0.717, 1.165) is 0 Å². The van der Waals surface area contributed by atoms with Crippen LogP contribution in [0.25, 0.3) is 0 Å². The second kappa shape index (κ2) is 4.30. The Balaban J connectivity index is 3.80. The maximum Gasteiger partial charge on any atom is 0.153 e. The number of hydrogen-bond acceptors (Lipinski definition) is 3. The summed E-state index contributed by atoms with van der Waals surface area (Å²) in [7, 11) is 0. The summed E-state index contributed by atoms with van der Waals surface area (Å²) in [4.78, 5) is 0. The molecule has 0 heterocycles. The van der Waals surface area contributed by atoms with Crippen molar-refractivity contribution >= 4 is 5.84 Å². The molecule has 12 heavy (non-hydrogen) atoms. The van der Waals surface area contributed by atoms with Crippen molar-refractivity contribution < 1.29 is 5.21 Å². The third-order valence-corrected chi connectivity index (χ3v) is 2.02. The van der Waals surface area contributed by atoms with Gasteiger partial charge in [0.25, 0.3) is 0 Å². The highest BCUT2D eigenvalue weighted by molar-refractivity contribution is 5.81. The zero-order valence-corrected chi connectivity index (χ0v) is 8.26. The Morgan fingerprint density at radius 3 is 2.42 bits per heavy atom. The third kappa shape index (κ3) is 4.18. The van der Waals surface area contributed by atoms with Crippen molar-refractivity contribution in [1.82, 2.24) is 5.32 Å². The molecule has 0 aromatic heterocycles. The van der Waals surface area contributed by atoms with Gasteiger partial charge in [-0.2, -0.15) is 0 Å². The highest BCUT2D eigenvalue weighted by atomic mass is 16.4. The molecule has 0 saturated heterocycles. The maximum atomic E-state index is 8.27. The van der Waals surface area contributed by atoms with Gasteiger partial charge in [-0.1, -0.05) is 25.9 Å². The van der Waals surface area contributed by atoms with Crippen LogP contribution < -0.4 is 11.1 Å². The third-order valence-electron chi connectivity index (χ3n) is 2.02. The molecule has 0 aliphatic carbocycles. The van der Waals surface area contributed by atoms with Gasteiger partial charge >= 0.3 is 0 Å². The molecule has 0 bridgehead atoms. The zero-order chi connectivity index (χ0) is 9.78. The molecule has 1 unspecified atom stereocenters. The van der Waals surface area contributed by atoms with Crippen LogP contribution >= 0.6 is 0 Å². The van der Waals surface area contributed by atoms with E-state index < -0.39 is 0 Å². The first-order chi connectivity index (χ1) is 5.38. The molecule has 0 aliphatic rings. The summed E-state index contributed by atoms with van der Waals surface area (Å²) in [6, 6.07) is 0.331. The SMILES string of the molecule is CC(NCC(N)=NO)C(C)(C)C. The molecule has 4 heteroatoms. The van der Waals surface area contributed by atoms with Crippen LogP contribution in [0.4, 0.5) is 0 Å². The summed E-state index contributed by atoms with van der Waals surface area (Å²) in [6.45, 7) is 8.91. The molecule has 0 saturated carbocycles. The number of nitrogens with one attached hydrogen (secondary N) is 1. The number of oxime groups is 1. The van der Waals surface area contributed by atoms with E-state index in [0.29, 0.717) is 12.6 Å². The van der Waals surface area contributed by atoms with Gasteiger partial charge in [-0.3, -0.25) is 0 Å². The summed E-state index contributed by atoms with van der Waals surface area (Å²) in [5, 5.41) is 14.3. The van der Waals surface area contributed by atoms with Gasteiger partial charge in [0.1, 0.15) is 0 Å². The minimum atomic E-state index is 0.190. The Labute approximate surface area is 73.8 Å². The van der Waals surface area contributed by atoms with Gasteiger partial charge in [-0.25, -0.2) is 0 Å². The number of nitrogens with zero attached hydrogens (tertiary/aromatic N) is 1. The van der Waals surface area contributed by atoms with Crippen molar-refractivity contribution in [3.05, 3.63) is 0 Å². The topological polar surface area (TPSA) is 70.6 Å². The number of rotatable bonds is 3. The zero-order valence-electron chi connectivity index (χ0n) is 8.26. The van der Waals surface area contributed by atoms with Gasteiger partial charge in [-0.05, 0) is 12.3 Å². The lowest BCUT2D eigenvalue weighted by atomic mass is 9.88. The van der Waals surface area contributed by atoms with Gasteiger partial charge < -0.3 is 16.3 Å².